The molecule has 4 N–H and O–H groups in total. The number of carboxylic acid groups (broad SMARTS) is 1. The van der Waals surface area contributed by atoms with Crippen LogP contribution in [0.4, 0.5) is 0 Å². The molecule has 1 aliphatic carbocycles. The van der Waals surface area contributed by atoms with Crippen molar-refractivity contribution < 1.29 is 34.6 Å². The van der Waals surface area contributed by atoms with Crippen molar-refractivity contribution in [2.24, 2.45) is 5.92 Å². The van der Waals surface area contributed by atoms with Gasteiger partial charge in [-0.25, -0.2) is 4.79 Å². The molecule has 0 unspecified atom stereocenters. The molecule has 1 aromatic carbocycles. The molecule has 0 bridgehead atoms. The van der Waals surface area contributed by atoms with Crippen LogP contribution in [0.15, 0.2) is 12.1 Å². The molecule has 1 aromatic rings. The minimum atomic E-state index is -1.54. The van der Waals surface area contributed by atoms with Crippen LogP contribution in [0.1, 0.15) is 48.0 Å². The predicted octanol–water partition coefficient (Wildman–Crippen LogP) is 1.28. The van der Waals surface area contributed by atoms with Crippen LogP contribution in [0.25, 0.3) is 0 Å². The third-order valence-electron chi connectivity index (χ3n) is 5.52. The third kappa shape index (κ3) is 4.59. The van der Waals surface area contributed by atoms with Crippen LogP contribution < -0.4 is 4.74 Å². The van der Waals surface area contributed by atoms with Crippen LogP contribution in [-0.2, 0) is 11.2 Å². The number of hydrogen-bond donors (Lipinski definition) is 4. The molecule has 2 fully saturated rings. The molecular weight excluding hydrogens is 365 g/mol. The molecule has 8 nitrogen and oxygen atoms in total. The molecule has 0 aromatic heterocycles. The highest BCUT2D eigenvalue weighted by molar-refractivity contribution is 6.41. The lowest BCUT2D eigenvalue weighted by Crippen LogP contribution is -2.57. The Kier molecular flexibility index (Phi) is 6.46. The molecule has 2 aliphatic rings. The van der Waals surface area contributed by atoms with Crippen molar-refractivity contribution in [2.45, 2.75) is 50.9 Å². The Hall–Kier alpha value is -2.26. The van der Waals surface area contributed by atoms with E-state index in [2.05, 4.69) is 0 Å². The number of aromatic carboxylic acids is 1. The van der Waals surface area contributed by atoms with Crippen LogP contribution >= 0.6 is 0 Å². The summed E-state index contributed by atoms with van der Waals surface area (Å²) in [7, 11) is -1.54. The quantitative estimate of drug-likeness (QED) is 0.516. The van der Waals surface area contributed by atoms with Crippen LogP contribution in [0, 0.1) is 5.92 Å². The summed E-state index contributed by atoms with van der Waals surface area (Å²) in [6.45, 7) is 0.821. The molecular formula is C19H26BNO7. The van der Waals surface area contributed by atoms with E-state index in [1.54, 1.807) is 4.90 Å². The smallest absolute Gasteiger partial charge is 0.451 e. The van der Waals surface area contributed by atoms with Crippen molar-refractivity contribution in [1.82, 2.24) is 4.90 Å². The van der Waals surface area contributed by atoms with Gasteiger partial charge in [-0.05, 0) is 37.2 Å². The summed E-state index contributed by atoms with van der Waals surface area (Å²) in [5.41, 5.74) is -0.0393. The Morgan fingerprint density at radius 1 is 1.14 bits per heavy atom. The van der Waals surface area contributed by atoms with Gasteiger partial charge in [0.2, 0.25) is 5.91 Å². The van der Waals surface area contributed by atoms with Gasteiger partial charge in [-0.15, -0.1) is 0 Å². The Balaban J connectivity index is 1.62. The van der Waals surface area contributed by atoms with Gasteiger partial charge in [0.25, 0.3) is 0 Å². The summed E-state index contributed by atoms with van der Waals surface area (Å²) in [5.74, 6) is -1.46. The van der Waals surface area contributed by atoms with E-state index in [1.165, 1.54) is 18.6 Å². The van der Waals surface area contributed by atoms with Crippen molar-refractivity contribution in [2.75, 3.05) is 13.1 Å². The standard InChI is InChI=1S/C19H26BNO7/c22-17-12(8-9-20(26)27)6-7-15(16(17)19(24)25)28-14-10-21(11-14)18(23)13-4-2-1-3-5-13/h6-7,13-14,22,26-27H,1-5,8-11H2,(H,24,25). The number of likely N-dealkylation sites (tertiary alicyclic amines) is 1. The number of amides is 1. The van der Waals surface area contributed by atoms with Crippen molar-refractivity contribution >= 4 is 19.0 Å². The SMILES string of the molecule is O=C(O)c1c(OC2CN(C(=O)C3CCCCC3)C2)ccc(CCB(O)O)c1O. The number of aryl methyl sites for hydroxylation is 1. The lowest BCUT2D eigenvalue weighted by atomic mass is 9.82. The second-order valence-electron chi connectivity index (χ2n) is 7.59. The molecule has 1 heterocycles. The van der Waals surface area contributed by atoms with Crippen LogP contribution in [0.3, 0.4) is 0 Å². The first-order valence-electron chi connectivity index (χ1n) is 9.76. The van der Waals surface area contributed by atoms with E-state index >= 15 is 0 Å². The highest BCUT2D eigenvalue weighted by atomic mass is 16.5. The van der Waals surface area contributed by atoms with Gasteiger partial charge in [0, 0.05) is 5.92 Å². The fourth-order valence-corrected chi connectivity index (χ4v) is 3.89. The number of hydrogen-bond acceptors (Lipinski definition) is 6. The number of carbonyl (C=O) groups excluding carboxylic acids is 1. The van der Waals surface area contributed by atoms with E-state index in [0.717, 1.165) is 25.7 Å². The average molecular weight is 391 g/mol. The molecule has 152 valence electrons. The van der Waals surface area contributed by atoms with Gasteiger partial charge in [-0.1, -0.05) is 25.3 Å². The molecule has 0 atom stereocenters. The fourth-order valence-electron chi connectivity index (χ4n) is 3.89. The maximum absolute atomic E-state index is 12.5. The molecule has 3 rings (SSSR count). The first-order chi connectivity index (χ1) is 13.4. The van der Waals surface area contributed by atoms with Gasteiger partial charge in [-0.3, -0.25) is 4.79 Å². The van der Waals surface area contributed by atoms with Crippen molar-refractivity contribution in [1.29, 1.82) is 0 Å². The van der Waals surface area contributed by atoms with Gasteiger partial charge in [0.05, 0.1) is 13.1 Å². The topological polar surface area (TPSA) is 128 Å². The predicted molar refractivity (Wildman–Crippen MR) is 101 cm³/mol. The lowest BCUT2D eigenvalue weighted by Gasteiger charge is -2.41. The largest absolute Gasteiger partial charge is 0.507 e. The number of aromatic hydroxyl groups is 1. The van der Waals surface area contributed by atoms with E-state index in [-0.39, 0.29) is 42.0 Å². The number of rotatable bonds is 7. The Morgan fingerprint density at radius 3 is 2.43 bits per heavy atom. The van der Waals surface area contributed by atoms with Crippen LogP contribution in [0.2, 0.25) is 6.32 Å². The Labute approximate surface area is 163 Å². The molecule has 0 radical (unpaired) electrons. The van der Waals surface area contributed by atoms with Gasteiger partial charge in [0.1, 0.15) is 23.2 Å². The number of phenols is 1. The van der Waals surface area contributed by atoms with Crippen LogP contribution in [0.5, 0.6) is 11.5 Å². The molecule has 0 spiro atoms. The summed E-state index contributed by atoms with van der Waals surface area (Å²) in [6.07, 6.45) is 5.02. The second-order valence-corrected chi connectivity index (χ2v) is 7.59. The van der Waals surface area contributed by atoms with E-state index in [4.69, 9.17) is 14.8 Å². The summed E-state index contributed by atoms with van der Waals surface area (Å²) in [6, 6.07) is 2.98. The van der Waals surface area contributed by atoms with Crippen molar-refractivity contribution in [3.8, 4) is 11.5 Å². The molecule has 1 saturated heterocycles. The summed E-state index contributed by atoms with van der Waals surface area (Å²) >= 11 is 0. The number of ether oxygens (including phenoxy) is 1. The third-order valence-corrected chi connectivity index (χ3v) is 5.52. The van der Waals surface area contributed by atoms with E-state index in [9.17, 15) is 19.8 Å². The Morgan fingerprint density at radius 2 is 1.82 bits per heavy atom. The minimum absolute atomic E-state index is 0.0202. The molecule has 28 heavy (non-hydrogen) atoms. The van der Waals surface area contributed by atoms with Crippen molar-refractivity contribution in [3.63, 3.8) is 0 Å². The van der Waals surface area contributed by atoms with Gasteiger partial charge >= 0.3 is 13.1 Å². The Bertz CT molecular complexity index is 727. The van der Waals surface area contributed by atoms with E-state index in [1.807, 2.05) is 0 Å². The minimum Gasteiger partial charge on any atom is -0.507 e. The highest BCUT2D eigenvalue weighted by Gasteiger charge is 2.37. The van der Waals surface area contributed by atoms with E-state index < -0.39 is 18.8 Å². The fraction of sp³-hybridized carbons (Fsp3) is 0.579. The number of carbonyl (C=O) groups is 2. The zero-order valence-corrected chi connectivity index (χ0v) is 15.7. The number of benzene rings is 1. The second kappa shape index (κ2) is 8.83. The zero-order valence-electron chi connectivity index (χ0n) is 15.7. The van der Waals surface area contributed by atoms with E-state index in [0.29, 0.717) is 18.7 Å². The van der Waals surface area contributed by atoms with Crippen molar-refractivity contribution in [3.05, 3.63) is 23.3 Å². The monoisotopic (exact) mass is 391 g/mol. The molecule has 1 aliphatic heterocycles. The summed E-state index contributed by atoms with van der Waals surface area (Å²) in [5, 5.41) is 37.7. The zero-order chi connectivity index (χ0) is 20.3. The average Bonchev–Trinajstić information content (AvgIpc) is 2.63. The highest BCUT2D eigenvalue weighted by Crippen LogP contribution is 2.34. The number of nitrogens with zero attached hydrogens (tertiary/aromatic N) is 1. The van der Waals surface area contributed by atoms with Gasteiger partial charge in [-0.2, -0.15) is 0 Å². The number of carboxylic acids is 1. The van der Waals surface area contributed by atoms with Gasteiger partial charge < -0.3 is 29.9 Å². The summed E-state index contributed by atoms with van der Waals surface area (Å²) in [4.78, 5) is 25.8. The molecule has 1 saturated carbocycles. The molecule has 9 heteroatoms. The normalized spacial score (nSPS) is 17.9. The first-order valence-corrected chi connectivity index (χ1v) is 9.76. The van der Waals surface area contributed by atoms with Gasteiger partial charge in [0.15, 0.2) is 0 Å². The lowest BCUT2D eigenvalue weighted by molar-refractivity contribution is -0.145. The summed E-state index contributed by atoms with van der Waals surface area (Å²) < 4.78 is 5.74. The van der Waals surface area contributed by atoms with Crippen LogP contribution in [-0.4, -0.2) is 63.3 Å². The first kappa shape index (κ1) is 20.5. The molecule has 1 amide bonds. The maximum atomic E-state index is 12.5. The maximum Gasteiger partial charge on any atom is 0.451 e.